The lowest BCUT2D eigenvalue weighted by Crippen LogP contribution is -2.34. The lowest BCUT2D eigenvalue weighted by molar-refractivity contribution is 0.251. The van der Waals surface area contributed by atoms with Crippen molar-refractivity contribution in [3.05, 3.63) is 63.1 Å². The number of benzene rings is 2. The fourth-order valence-corrected chi connectivity index (χ4v) is 4.15. The maximum atomic E-state index is 12.1. The van der Waals surface area contributed by atoms with Gasteiger partial charge in [0.05, 0.1) is 5.69 Å². The fraction of sp³-hybridized carbons (Fsp3) is 0.278. The van der Waals surface area contributed by atoms with Crippen LogP contribution in [0, 0.1) is 0 Å². The molecule has 2 aromatic rings. The number of carbonyl (C=O) groups excluding carboxylic acids is 1. The van der Waals surface area contributed by atoms with E-state index in [-0.39, 0.29) is 11.9 Å². The molecule has 0 radical (unpaired) electrons. The molecule has 1 unspecified atom stereocenters. The van der Waals surface area contributed by atoms with E-state index in [0.29, 0.717) is 10.0 Å². The van der Waals surface area contributed by atoms with Gasteiger partial charge in [0.25, 0.3) is 0 Å². The van der Waals surface area contributed by atoms with Crippen LogP contribution < -0.4 is 9.62 Å². The monoisotopic (exact) mass is 395 g/mol. The molecular formula is C18H19Cl2N3OS. The molecule has 0 aliphatic carbocycles. The molecule has 0 aromatic heterocycles. The molecule has 1 N–H and O–H groups in total. The van der Waals surface area contributed by atoms with Gasteiger partial charge in [-0.1, -0.05) is 54.2 Å². The molecule has 132 valence electrons. The summed E-state index contributed by atoms with van der Waals surface area (Å²) in [4.78, 5) is 14.3. The highest BCUT2D eigenvalue weighted by molar-refractivity contribution is 7.82. The molecule has 0 saturated heterocycles. The second kappa shape index (κ2) is 7.46. The predicted molar refractivity (Wildman–Crippen MR) is 107 cm³/mol. The molecule has 0 spiro atoms. The Morgan fingerprint density at radius 1 is 1.28 bits per heavy atom. The number of nitrogens with one attached hydrogen (secondary N) is 1. The first-order chi connectivity index (χ1) is 11.9. The predicted octanol–water partition coefficient (Wildman–Crippen LogP) is 4.56. The number of para-hydroxylation sites is 1. The first-order valence-electron chi connectivity index (χ1n) is 7.88. The molecule has 1 aliphatic rings. The third kappa shape index (κ3) is 3.60. The number of hydrogen-bond acceptors (Lipinski definition) is 3. The van der Waals surface area contributed by atoms with E-state index in [1.807, 2.05) is 30.3 Å². The number of fused-ring (bicyclic) bond motifs is 1. The summed E-state index contributed by atoms with van der Waals surface area (Å²) < 4.78 is 1.33. The van der Waals surface area contributed by atoms with Crippen LogP contribution >= 0.6 is 36.0 Å². The Hall–Kier alpha value is -1.40. The van der Waals surface area contributed by atoms with Crippen LogP contribution in [0.2, 0.25) is 10.0 Å². The highest BCUT2D eigenvalue weighted by Gasteiger charge is 2.29. The SMILES string of the molecule is CNC(=O)N(S)c1ccccc1C1CN(C)Cc2c(Cl)cc(Cl)cc21. The number of carbonyl (C=O) groups is 1. The van der Waals surface area contributed by atoms with Crippen molar-refractivity contribution >= 4 is 47.7 Å². The van der Waals surface area contributed by atoms with Crippen molar-refractivity contribution in [1.29, 1.82) is 0 Å². The summed E-state index contributed by atoms with van der Waals surface area (Å²) in [6.45, 7) is 1.57. The van der Waals surface area contributed by atoms with Gasteiger partial charge < -0.3 is 10.2 Å². The number of nitrogens with zero attached hydrogens (tertiary/aromatic N) is 2. The lowest BCUT2D eigenvalue weighted by atomic mass is 9.84. The molecule has 4 nitrogen and oxygen atoms in total. The van der Waals surface area contributed by atoms with Gasteiger partial charge in [-0.15, -0.1) is 0 Å². The van der Waals surface area contributed by atoms with Crippen molar-refractivity contribution in [1.82, 2.24) is 10.2 Å². The quantitative estimate of drug-likeness (QED) is 0.730. The third-order valence-electron chi connectivity index (χ3n) is 4.44. The minimum Gasteiger partial charge on any atom is -0.340 e. The molecule has 0 saturated carbocycles. The summed E-state index contributed by atoms with van der Waals surface area (Å²) in [7, 11) is 3.64. The number of amides is 2. The average Bonchev–Trinajstić information content (AvgIpc) is 2.60. The molecule has 1 atom stereocenters. The van der Waals surface area contributed by atoms with Crippen LogP contribution in [0.4, 0.5) is 10.5 Å². The second-order valence-electron chi connectivity index (χ2n) is 6.13. The number of halogens is 2. The largest absolute Gasteiger partial charge is 0.340 e. The van der Waals surface area contributed by atoms with Crippen molar-refractivity contribution in [2.45, 2.75) is 12.5 Å². The van der Waals surface area contributed by atoms with Crippen molar-refractivity contribution in [2.24, 2.45) is 0 Å². The van der Waals surface area contributed by atoms with Crippen molar-refractivity contribution in [3.8, 4) is 0 Å². The number of hydrogen-bond donors (Lipinski definition) is 2. The van der Waals surface area contributed by atoms with Crippen LogP contribution in [0.25, 0.3) is 0 Å². The van der Waals surface area contributed by atoms with Gasteiger partial charge in [0.2, 0.25) is 0 Å². The Kier molecular flexibility index (Phi) is 5.49. The second-order valence-corrected chi connectivity index (χ2v) is 7.37. The smallest absolute Gasteiger partial charge is 0.331 e. The summed E-state index contributed by atoms with van der Waals surface area (Å²) in [6.07, 6.45) is 0. The van der Waals surface area contributed by atoms with E-state index in [9.17, 15) is 4.79 Å². The van der Waals surface area contributed by atoms with Crippen molar-refractivity contribution in [2.75, 3.05) is 24.9 Å². The molecule has 25 heavy (non-hydrogen) atoms. The van der Waals surface area contributed by atoms with Crippen LogP contribution in [0.3, 0.4) is 0 Å². The van der Waals surface area contributed by atoms with Crippen molar-refractivity contribution in [3.63, 3.8) is 0 Å². The van der Waals surface area contributed by atoms with Gasteiger partial charge in [-0.25, -0.2) is 9.10 Å². The number of urea groups is 1. The van der Waals surface area contributed by atoms with E-state index in [0.717, 1.165) is 35.5 Å². The van der Waals surface area contributed by atoms with Crippen LogP contribution in [-0.2, 0) is 6.54 Å². The van der Waals surface area contributed by atoms with Crippen molar-refractivity contribution < 1.29 is 4.79 Å². The van der Waals surface area contributed by atoms with Gasteiger partial charge in [0.1, 0.15) is 0 Å². The standard InChI is InChI=1S/C18H19Cl2N3OS/c1-21-18(24)23(25)17-6-4-3-5-12(17)14-9-22(2)10-15-13(14)7-11(19)8-16(15)20/h3-8,14,25H,9-10H2,1-2H3,(H,21,24). The van der Waals surface area contributed by atoms with Gasteiger partial charge in [0.15, 0.2) is 0 Å². The van der Waals surface area contributed by atoms with Crippen LogP contribution in [0.15, 0.2) is 36.4 Å². The summed E-state index contributed by atoms with van der Waals surface area (Å²) >= 11 is 17.1. The average molecular weight is 396 g/mol. The highest BCUT2D eigenvalue weighted by atomic mass is 35.5. The molecule has 0 bridgehead atoms. The van der Waals surface area contributed by atoms with E-state index >= 15 is 0 Å². The first-order valence-corrected chi connectivity index (χ1v) is 9.04. The molecule has 3 rings (SSSR count). The Morgan fingerprint density at radius 3 is 2.72 bits per heavy atom. The molecule has 2 amide bonds. The summed E-state index contributed by atoms with van der Waals surface area (Å²) in [6, 6.07) is 11.2. The molecule has 1 aliphatic heterocycles. The van der Waals surface area contributed by atoms with Gasteiger partial charge >= 0.3 is 6.03 Å². The number of likely N-dealkylation sites (N-methyl/N-ethyl adjacent to an activating group) is 1. The lowest BCUT2D eigenvalue weighted by Gasteiger charge is -2.35. The van der Waals surface area contributed by atoms with E-state index in [1.165, 1.54) is 4.31 Å². The molecular weight excluding hydrogens is 377 g/mol. The normalized spacial score (nSPS) is 17.1. The molecule has 0 fully saturated rings. The third-order valence-corrected chi connectivity index (χ3v) is 5.39. The summed E-state index contributed by atoms with van der Waals surface area (Å²) in [5, 5.41) is 3.88. The zero-order valence-corrected chi connectivity index (χ0v) is 16.4. The van der Waals surface area contributed by atoms with E-state index in [1.54, 1.807) is 13.1 Å². The van der Waals surface area contributed by atoms with E-state index < -0.39 is 0 Å². The Morgan fingerprint density at radius 2 is 2.00 bits per heavy atom. The Labute approximate surface area is 163 Å². The van der Waals surface area contributed by atoms with E-state index in [2.05, 4.69) is 30.1 Å². The summed E-state index contributed by atoms with van der Waals surface area (Å²) in [5.41, 5.74) is 3.92. The maximum absolute atomic E-state index is 12.1. The summed E-state index contributed by atoms with van der Waals surface area (Å²) in [5.74, 6) is 0.0421. The number of thiol groups is 1. The molecule has 2 aromatic carbocycles. The highest BCUT2D eigenvalue weighted by Crippen LogP contribution is 2.41. The van der Waals surface area contributed by atoms with Crippen LogP contribution in [-0.4, -0.2) is 31.6 Å². The topological polar surface area (TPSA) is 35.6 Å². The van der Waals surface area contributed by atoms with Gasteiger partial charge in [-0.3, -0.25) is 0 Å². The van der Waals surface area contributed by atoms with Gasteiger partial charge in [0, 0.05) is 36.1 Å². The fourth-order valence-electron chi connectivity index (χ4n) is 3.30. The number of anilines is 1. The van der Waals surface area contributed by atoms with Gasteiger partial charge in [-0.2, -0.15) is 0 Å². The maximum Gasteiger partial charge on any atom is 0.331 e. The van der Waals surface area contributed by atoms with E-state index in [4.69, 9.17) is 23.2 Å². The Bertz CT molecular complexity index is 815. The molecule has 1 heterocycles. The van der Waals surface area contributed by atoms with Gasteiger partial charge in [-0.05, 0) is 41.9 Å². The number of rotatable bonds is 2. The Balaban J connectivity index is 2.14. The zero-order chi connectivity index (χ0) is 18.1. The zero-order valence-electron chi connectivity index (χ0n) is 14.0. The van der Waals surface area contributed by atoms with Crippen LogP contribution in [0.1, 0.15) is 22.6 Å². The molecule has 7 heteroatoms. The minimum absolute atomic E-state index is 0.0421. The van der Waals surface area contributed by atoms with Crippen LogP contribution in [0.5, 0.6) is 0 Å². The first kappa shape index (κ1) is 18.4. The minimum atomic E-state index is -0.288.